The number of anilines is 1. The number of piperidine rings is 1. The summed E-state index contributed by atoms with van der Waals surface area (Å²) >= 11 is 0. The van der Waals surface area contributed by atoms with Crippen molar-refractivity contribution in [2.75, 3.05) is 18.0 Å². The van der Waals surface area contributed by atoms with Crippen LogP contribution in [-0.2, 0) is 4.79 Å². The average Bonchev–Trinajstić information content (AvgIpc) is 2.55. The van der Waals surface area contributed by atoms with Crippen LogP contribution in [0.15, 0.2) is 41.5 Å². The summed E-state index contributed by atoms with van der Waals surface area (Å²) in [5.74, 6) is -1.61. The second-order valence-electron chi connectivity index (χ2n) is 5.53. The number of rotatable bonds is 3. The first-order valence-corrected chi connectivity index (χ1v) is 7.37. The summed E-state index contributed by atoms with van der Waals surface area (Å²) in [6.45, 7) is 0.837. The molecule has 0 amide bonds. The van der Waals surface area contributed by atoms with E-state index in [9.17, 15) is 14.0 Å². The molecule has 0 radical (unpaired) electrons. The number of hydrogen-bond donors (Lipinski definition) is 1. The molecule has 7 heteroatoms. The molecule has 1 aromatic carbocycles. The van der Waals surface area contributed by atoms with Gasteiger partial charge in [-0.2, -0.15) is 0 Å². The normalized spacial score (nSPS) is 18.0. The SMILES string of the molecule is O=C(O)[C@H]1CCCN(c2nccn(-c3cccc(F)c3)c2=O)C1. The standard InChI is InChI=1S/C16H16FN3O3/c17-12-4-1-5-13(9-12)20-8-6-18-14(15(20)21)19-7-2-3-11(10-19)16(22)23/h1,4-6,8-9,11H,2-3,7,10H2,(H,22,23)/t11-/m0/s1. The molecule has 6 nitrogen and oxygen atoms in total. The molecule has 0 spiro atoms. The van der Waals surface area contributed by atoms with Crippen LogP contribution in [0, 0.1) is 11.7 Å². The second-order valence-corrected chi connectivity index (χ2v) is 5.53. The first-order valence-electron chi connectivity index (χ1n) is 7.37. The van der Waals surface area contributed by atoms with Crippen LogP contribution in [0.3, 0.4) is 0 Å². The lowest BCUT2D eigenvalue weighted by molar-refractivity contribution is -0.141. The maximum Gasteiger partial charge on any atom is 0.308 e. The molecular formula is C16H16FN3O3. The van der Waals surface area contributed by atoms with Gasteiger partial charge in [0.1, 0.15) is 5.82 Å². The Labute approximate surface area is 131 Å². The maximum atomic E-state index is 13.4. The molecule has 2 heterocycles. The first-order chi connectivity index (χ1) is 11.1. The average molecular weight is 317 g/mol. The molecule has 1 aromatic heterocycles. The number of hydrogen-bond acceptors (Lipinski definition) is 4. The quantitative estimate of drug-likeness (QED) is 0.932. The van der Waals surface area contributed by atoms with Crippen molar-refractivity contribution in [3.05, 3.63) is 52.8 Å². The fraction of sp³-hybridized carbons (Fsp3) is 0.312. The number of halogens is 1. The van der Waals surface area contributed by atoms with E-state index in [2.05, 4.69) is 4.98 Å². The molecular weight excluding hydrogens is 301 g/mol. The summed E-state index contributed by atoms with van der Waals surface area (Å²) in [5.41, 5.74) is 0.0228. The van der Waals surface area contributed by atoms with Crippen molar-refractivity contribution in [1.29, 1.82) is 0 Å². The van der Waals surface area contributed by atoms with Crippen molar-refractivity contribution < 1.29 is 14.3 Å². The van der Waals surface area contributed by atoms with Gasteiger partial charge >= 0.3 is 5.97 Å². The highest BCUT2D eigenvalue weighted by Crippen LogP contribution is 2.20. The molecule has 0 aliphatic carbocycles. The van der Waals surface area contributed by atoms with Gasteiger partial charge in [0.05, 0.1) is 11.6 Å². The fourth-order valence-electron chi connectivity index (χ4n) is 2.82. The lowest BCUT2D eigenvalue weighted by Crippen LogP contribution is -2.42. The summed E-state index contributed by atoms with van der Waals surface area (Å²) in [6.07, 6.45) is 4.22. The molecule has 3 rings (SSSR count). The smallest absolute Gasteiger partial charge is 0.308 e. The molecule has 1 atom stereocenters. The Balaban J connectivity index is 1.97. The lowest BCUT2D eigenvalue weighted by Gasteiger charge is -2.31. The monoisotopic (exact) mass is 317 g/mol. The van der Waals surface area contributed by atoms with E-state index in [1.54, 1.807) is 11.0 Å². The largest absolute Gasteiger partial charge is 0.481 e. The van der Waals surface area contributed by atoms with E-state index in [1.807, 2.05) is 0 Å². The van der Waals surface area contributed by atoms with Gasteiger partial charge in [0, 0.05) is 25.5 Å². The zero-order valence-corrected chi connectivity index (χ0v) is 12.4. The molecule has 1 N–H and O–H groups in total. The van der Waals surface area contributed by atoms with Gasteiger partial charge < -0.3 is 10.0 Å². The van der Waals surface area contributed by atoms with Crippen LogP contribution in [0.25, 0.3) is 5.69 Å². The van der Waals surface area contributed by atoms with Gasteiger partial charge in [-0.15, -0.1) is 0 Å². The third-order valence-electron chi connectivity index (χ3n) is 3.98. The van der Waals surface area contributed by atoms with Crippen molar-refractivity contribution in [2.45, 2.75) is 12.8 Å². The van der Waals surface area contributed by atoms with Crippen LogP contribution < -0.4 is 10.5 Å². The van der Waals surface area contributed by atoms with Crippen LogP contribution in [0.1, 0.15) is 12.8 Å². The highest BCUT2D eigenvalue weighted by atomic mass is 19.1. The molecule has 0 unspecified atom stereocenters. The minimum Gasteiger partial charge on any atom is -0.481 e. The highest BCUT2D eigenvalue weighted by Gasteiger charge is 2.27. The minimum absolute atomic E-state index is 0.197. The zero-order valence-electron chi connectivity index (χ0n) is 12.4. The summed E-state index contributed by atoms with van der Waals surface area (Å²) in [5, 5.41) is 9.16. The predicted octanol–water partition coefficient (Wildman–Crippen LogP) is 1.67. The molecule has 0 bridgehead atoms. The number of carboxylic acid groups (broad SMARTS) is 1. The van der Waals surface area contributed by atoms with E-state index in [0.717, 1.165) is 0 Å². The Morgan fingerprint density at radius 2 is 2.22 bits per heavy atom. The number of benzene rings is 1. The van der Waals surface area contributed by atoms with Crippen molar-refractivity contribution in [2.24, 2.45) is 5.92 Å². The van der Waals surface area contributed by atoms with Crippen LogP contribution in [0.2, 0.25) is 0 Å². The summed E-state index contributed by atoms with van der Waals surface area (Å²) < 4.78 is 14.7. The summed E-state index contributed by atoms with van der Waals surface area (Å²) in [6, 6.07) is 5.73. The number of aromatic nitrogens is 2. The molecule has 1 saturated heterocycles. The van der Waals surface area contributed by atoms with Crippen LogP contribution in [0.4, 0.5) is 10.2 Å². The van der Waals surface area contributed by atoms with Gasteiger partial charge in [-0.25, -0.2) is 9.37 Å². The van der Waals surface area contributed by atoms with Crippen LogP contribution in [-0.4, -0.2) is 33.7 Å². The van der Waals surface area contributed by atoms with Gasteiger partial charge in [0.25, 0.3) is 5.56 Å². The third-order valence-corrected chi connectivity index (χ3v) is 3.98. The van der Waals surface area contributed by atoms with Crippen molar-refractivity contribution in [3.63, 3.8) is 0 Å². The predicted molar refractivity (Wildman–Crippen MR) is 82.4 cm³/mol. The Morgan fingerprint density at radius 1 is 1.39 bits per heavy atom. The van der Waals surface area contributed by atoms with E-state index >= 15 is 0 Å². The zero-order chi connectivity index (χ0) is 16.4. The third kappa shape index (κ3) is 3.08. The van der Waals surface area contributed by atoms with E-state index in [0.29, 0.717) is 25.1 Å². The molecule has 23 heavy (non-hydrogen) atoms. The topological polar surface area (TPSA) is 75.4 Å². The molecule has 1 fully saturated rings. The van der Waals surface area contributed by atoms with Gasteiger partial charge in [0.15, 0.2) is 5.82 Å². The van der Waals surface area contributed by atoms with E-state index in [4.69, 9.17) is 5.11 Å². The Bertz CT molecular complexity index is 790. The lowest BCUT2D eigenvalue weighted by atomic mass is 9.98. The molecule has 0 saturated carbocycles. The summed E-state index contributed by atoms with van der Waals surface area (Å²) in [4.78, 5) is 29.6. The Morgan fingerprint density at radius 3 is 2.96 bits per heavy atom. The number of aliphatic carboxylic acids is 1. The molecule has 2 aromatic rings. The summed E-state index contributed by atoms with van der Waals surface area (Å²) in [7, 11) is 0. The minimum atomic E-state index is -0.865. The molecule has 1 aliphatic heterocycles. The van der Waals surface area contributed by atoms with E-state index in [1.165, 1.54) is 35.2 Å². The van der Waals surface area contributed by atoms with Crippen LogP contribution >= 0.6 is 0 Å². The maximum absolute atomic E-state index is 13.4. The molecule has 1 aliphatic rings. The van der Waals surface area contributed by atoms with Crippen molar-refractivity contribution in [3.8, 4) is 5.69 Å². The number of carboxylic acids is 1. The Hall–Kier alpha value is -2.70. The van der Waals surface area contributed by atoms with Gasteiger partial charge in [-0.05, 0) is 31.0 Å². The van der Waals surface area contributed by atoms with Crippen LogP contribution in [0.5, 0.6) is 0 Å². The second kappa shape index (κ2) is 6.20. The fourth-order valence-corrected chi connectivity index (χ4v) is 2.82. The van der Waals surface area contributed by atoms with E-state index in [-0.39, 0.29) is 17.9 Å². The van der Waals surface area contributed by atoms with E-state index < -0.39 is 17.7 Å². The van der Waals surface area contributed by atoms with Crippen molar-refractivity contribution in [1.82, 2.24) is 9.55 Å². The van der Waals surface area contributed by atoms with Gasteiger partial charge in [-0.1, -0.05) is 6.07 Å². The first kappa shape index (κ1) is 15.2. The molecule has 120 valence electrons. The Kier molecular flexibility index (Phi) is 4.10. The number of carbonyl (C=O) groups is 1. The highest BCUT2D eigenvalue weighted by molar-refractivity contribution is 5.71. The van der Waals surface area contributed by atoms with Gasteiger partial charge in [-0.3, -0.25) is 14.2 Å². The van der Waals surface area contributed by atoms with Crippen molar-refractivity contribution >= 4 is 11.8 Å². The van der Waals surface area contributed by atoms with Gasteiger partial charge in [0.2, 0.25) is 0 Å². The number of nitrogens with zero attached hydrogens (tertiary/aromatic N) is 3.